The van der Waals surface area contributed by atoms with Crippen LogP contribution in [0.2, 0.25) is 0 Å². The average molecular weight is 425 g/mol. The van der Waals surface area contributed by atoms with Gasteiger partial charge >= 0.3 is 12.1 Å². The number of ether oxygens (including phenoxy) is 1. The molecule has 0 radical (unpaired) electrons. The Morgan fingerprint density at radius 3 is 2.43 bits per heavy atom. The number of halogens is 3. The zero-order valence-corrected chi connectivity index (χ0v) is 16.0. The minimum atomic E-state index is -4.38. The number of thiophene rings is 1. The van der Waals surface area contributed by atoms with Gasteiger partial charge in [-0.15, -0.1) is 22.7 Å². The number of carbonyl (C=O) groups is 2. The van der Waals surface area contributed by atoms with Gasteiger partial charge in [-0.2, -0.15) is 13.2 Å². The lowest BCUT2D eigenvalue weighted by atomic mass is 10.1. The standard InChI is InChI=1S/C19H14F3NO3S2/c20-19(21,22)13-5-3-12(4-6-13)18-23-14(11-28-18)10-26-17(25)8-7-15(24)16-2-1-9-27-16/h1-6,9,11H,7-8,10H2. The summed E-state index contributed by atoms with van der Waals surface area (Å²) in [4.78, 5) is 28.5. The molecule has 0 spiro atoms. The van der Waals surface area contributed by atoms with Crippen molar-refractivity contribution in [2.45, 2.75) is 25.6 Å². The minimum Gasteiger partial charge on any atom is -0.459 e. The molecule has 0 bridgehead atoms. The Morgan fingerprint density at radius 1 is 1.04 bits per heavy atom. The lowest BCUT2D eigenvalue weighted by molar-refractivity contribution is -0.145. The number of carbonyl (C=O) groups excluding carboxylic acids is 2. The van der Waals surface area contributed by atoms with Crippen LogP contribution in [0.4, 0.5) is 13.2 Å². The molecule has 2 aromatic heterocycles. The molecule has 3 rings (SSSR count). The maximum absolute atomic E-state index is 12.6. The first-order valence-electron chi connectivity index (χ1n) is 8.17. The van der Waals surface area contributed by atoms with Gasteiger partial charge in [0, 0.05) is 17.4 Å². The number of rotatable bonds is 7. The van der Waals surface area contributed by atoms with E-state index >= 15 is 0 Å². The van der Waals surface area contributed by atoms with Gasteiger partial charge < -0.3 is 4.74 Å². The SMILES string of the molecule is O=C(CCC(=O)c1cccs1)OCc1csc(-c2ccc(C(F)(F)F)cc2)n1. The average Bonchev–Trinajstić information content (AvgIpc) is 3.35. The van der Waals surface area contributed by atoms with E-state index in [1.54, 1.807) is 22.9 Å². The Labute approximate surface area is 166 Å². The van der Waals surface area contributed by atoms with Gasteiger partial charge in [0.1, 0.15) is 11.6 Å². The van der Waals surface area contributed by atoms with Crippen molar-refractivity contribution in [1.82, 2.24) is 4.98 Å². The zero-order valence-electron chi connectivity index (χ0n) is 14.4. The number of aromatic nitrogens is 1. The van der Waals surface area contributed by atoms with Crippen molar-refractivity contribution in [2.24, 2.45) is 0 Å². The summed E-state index contributed by atoms with van der Waals surface area (Å²) < 4.78 is 43.0. The molecule has 146 valence electrons. The molecule has 0 fully saturated rings. The zero-order chi connectivity index (χ0) is 20.1. The number of thiazole rings is 1. The molecule has 0 aliphatic carbocycles. The van der Waals surface area contributed by atoms with Crippen LogP contribution in [0, 0.1) is 0 Å². The van der Waals surface area contributed by atoms with E-state index in [2.05, 4.69) is 4.98 Å². The van der Waals surface area contributed by atoms with Crippen LogP contribution in [0.25, 0.3) is 10.6 Å². The third kappa shape index (κ3) is 5.26. The predicted molar refractivity (Wildman–Crippen MR) is 100 cm³/mol. The molecule has 2 heterocycles. The molecule has 0 aliphatic rings. The molecule has 0 amide bonds. The lowest BCUT2D eigenvalue weighted by Gasteiger charge is -2.06. The third-order valence-corrected chi connectivity index (χ3v) is 5.60. The van der Waals surface area contributed by atoms with Gasteiger partial charge in [-0.3, -0.25) is 9.59 Å². The van der Waals surface area contributed by atoms with Gasteiger partial charge in [0.05, 0.1) is 22.6 Å². The Balaban J connectivity index is 1.50. The van der Waals surface area contributed by atoms with Crippen LogP contribution in [-0.4, -0.2) is 16.7 Å². The monoisotopic (exact) mass is 425 g/mol. The van der Waals surface area contributed by atoms with E-state index in [0.717, 1.165) is 12.1 Å². The maximum atomic E-state index is 12.6. The van der Waals surface area contributed by atoms with Crippen molar-refractivity contribution in [3.8, 4) is 10.6 Å². The number of nitrogens with zero attached hydrogens (tertiary/aromatic N) is 1. The van der Waals surface area contributed by atoms with Crippen LogP contribution in [0.1, 0.15) is 33.8 Å². The molecular weight excluding hydrogens is 411 g/mol. The van der Waals surface area contributed by atoms with Crippen molar-refractivity contribution < 1.29 is 27.5 Å². The van der Waals surface area contributed by atoms with Gasteiger partial charge in [0.15, 0.2) is 5.78 Å². The summed E-state index contributed by atoms with van der Waals surface area (Å²) in [5.41, 5.74) is 0.328. The highest BCUT2D eigenvalue weighted by atomic mass is 32.1. The largest absolute Gasteiger partial charge is 0.459 e. The van der Waals surface area contributed by atoms with Gasteiger partial charge in [-0.1, -0.05) is 18.2 Å². The van der Waals surface area contributed by atoms with Gasteiger partial charge in [-0.05, 0) is 23.6 Å². The smallest absolute Gasteiger partial charge is 0.416 e. The molecular formula is C19H14F3NO3S2. The number of alkyl halides is 3. The number of esters is 1. The fourth-order valence-electron chi connectivity index (χ4n) is 2.31. The molecule has 0 unspecified atom stereocenters. The molecule has 28 heavy (non-hydrogen) atoms. The summed E-state index contributed by atoms with van der Waals surface area (Å²) in [7, 11) is 0. The number of Topliss-reactive ketones (excluding diaryl/α,β-unsaturated/α-hetero) is 1. The molecule has 0 N–H and O–H groups in total. The first kappa shape index (κ1) is 20.2. The van der Waals surface area contributed by atoms with Crippen LogP contribution in [0.5, 0.6) is 0 Å². The first-order valence-corrected chi connectivity index (χ1v) is 9.93. The Hall–Kier alpha value is -2.52. The first-order chi connectivity index (χ1) is 13.3. The van der Waals surface area contributed by atoms with Crippen molar-refractivity contribution >= 4 is 34.4 Å². The van der Waals surface area contributed by atoms with E-state index in [4.69, 9.17) is 4.74 Å². The molecule has 9 heteroatoms. The second-order valence-corrected chi connectivity index (χ2v) is 7.59. The van der Waals surface area contributed by atoms with E-state index in [1.165, 1.54) is 34.8 Å². The summed E-state index contributed by atoms with van der Waals surface area (Å²) in [6, 6.07) is 8.19. The number of benzene rings is 1. The Morgan fingerprint density at radius 2 is 1.79 bits per heavy atom. The highest BCUT2D eigenvalue weighted by Crippen LogP contribution is 2.31. The summed E-state index contributed by atoms with van der Waals surface area (Å²) in [6.45, 7) is -0.0524. The lowest BCUT2D eigenvalue weighted by Crippen LogP contribution is -2.07. The van der Waals surface area contributed by atoms with Gasteiger partial charge in [0.2, 0.25) is 0 Å². The van der Waals surface area contributed by atoms with Gasteiger partial charge in [0.25, 0.3) is 0 Å². The molecule has 4 nitrogen and oxygen atoms in total. The summed E-state index contributed by atoms with van der Waals surface area (Å²) in [6.07, 6.45) is -4.33. The Kier molecular flexibility index (Phi) is 6.25. The number of ketones is 1. The van der Waals surface area contributed by atoms with Crippen LogP contribution in [-0.2, 0) is 22.3 Å². The van der Waals surface area contributed by atoms with E-state index in [-0.39, 0.29) is 25.2 Å². The van der Waals surface area contributed by atoms with E-state index in [0.29, 0.717) is 21.1 Å². The molecule has 0 saturated carbocycles. The summed E-state index contributed by atoms with van der Waals surface area (Å²) >= 11 is 2.57. The second-order valence-electron chi connectivity index (χ2n) is 5.78. The topological polar surface area (TPSA) is 56.3 Å². The summed E-state index contributed by atoms with van der Waals surface area (Å²) in [5.74, 6) is -0.612. The van der Waals surface area contributed by atoms with Crippen molar-refractivity contribution in [3.05, 3.63) is 63.3 Å². The summed E-state index contributed by atoms with van der Waals surface area (Å²) in [5, 5.41) is 4.01. The van der Waals surface area contributed by atoms with Crippen molar-refractivity contribution in [1.29, 1.82) is 0 Å². The molecule has 1 aromatic carbocycles. The molecule has 3 aromatic rings. The highest BCUT2D eigenvalue weighted by molar-refractivity contribution is 7.13. The predicted octanol–water partition coefficient (Wildman–Crippen LogP) is 5.60. The molecule has 0 saturated heterocycles. The van der Waals surface area contributed by atoms with E-state index in [1.807, 2.05) is 0 Å². The Bertz CT molecular complexity index is 948. The fourth-order valence-corrected chi connectivity index (χ4v) is 3.82. The third-order valence-electron chi connectivity index (χ3n) is 3.74. The highest BCUT2D eigenvalue weighted by Gasteiger charge is 2.30. The number of hydrogen-bond donors (Lipinski definition) is 0. The van der Waals surface area contributed by atoms with Crippen LogP contribution < -0.4 is 0 Å². The normalized spacial score (nSPS) is 11.4. The number of hydrogen-bond acceptors (Lipinski definition) is 6. The fraction of sp³-hybridized carbons (Fsp3) is 0.211. The molecule has 0 aliphatic heterocycles. The molecule has 0 atom stereocenters. The second kappa shape index (κ2) is 8.66. The van der Waals surface area contributed by atoms with Crippen molar-refractivity contribution in [3.63, 3.8) is 0 Å². The van der Waals surface area contributed by atoms with E-state index < -0.39 is 17.7 Å². The minimum absolute atomic E-state index is 0.0212. The van der Waals surface area contributed by atoms with Crippen LogP contribution in [0.15, 0.2) is 47.2 Å². The van der Waals surface area contributed by atoms with Crippen LogP contribution in [0.3, 0.4) is 0 Å². The maximum Gasteiger partial charge on any atom is 0.416 e. The van der Waals surface area contributed by atoms with E-state index in [9.17, 15) is 22.8 Å². The van der Waals surface area contributed by atoms with Crippen molar-refractivity contribution in [2.75, 3.05) is 0 Å². The quantitative estimate of drug-likeness (QED) is 0.365. The van der Waals surface area contributed by atoms with Crippen LogP contribution >= 0.6 is 22.7 Å². The van der Waals surface area contributed by atoms with Gasteiger partial charge in [-0.25, -0.2) is 4.98 Å².